The summed E-state index contributed by atoms with van der Waals surface area (Å²) < 4.78 is 12.5. The molecule has 152 valence electrons. The summed E-state index contributed by atoms with van der Waals surface area (Å²) in [6.45, 7) is 8.61. The lowest BCUT2D eigenvalue weighted by Crippen LogP contribution is -2.18. The average molecular weight is 393 g/mol. The number of nitrogens with zero attached hydrogens (tertiary/aromatic N) is 1. The summed E-state index contributed by atoms with van der Waals surface area (Å²) in [7, 11) is 0. The van der Waals surface area contributed by atoms with E-state index in [0.29, 0.717) is 11.9 Å². The van der Waals surface area contributed by atoms with Gasteiger partial charge < -0.3 is 14.0 Å². The van der Waals surface area contributed by atoms with Crippen LogP contribution >= 0.6 is 0 Å². The van der Waals surface area contributed by atoms with Gasteiger partial charge in [-0.05, 0) is 43.0 Å². The number of hydrogen-bond acceptors (Lipinski definition) is 4. The van der Waals surface area contributed by atoms with Crippen LogP contribution in [0.25, 0.3) is 10.9 Å². The molecule has 0 aliphatic rings. The zero-order chi connectivity index (χ0) is 21.0. The Kier molecular flexibility index (Phi) is 6.37. The third-order valence-electron chi connectivity index (χ3n) is 4.89. The molecule has 0 radical (unpaired) electrons. The van der Waals surface area contributed by atoms with E-state index in [1.807, 2.05) is 53.1 Å². The highest BCUT2D eigenvalue weighted by molar-refractivity contribution is 6.13. The van der Waals surface area contributed by atoms with E-state index in [2.05, 4.69) is 13.8 Å². The third-order valence-corrected chi connectivity index (χ3v) is 4.89. The fourth-order valence-electron chi connectivity index (χ4n) is 3.48. The predicted molar refractivity (Wildman–Crippen MR) is 113 cm³/mol. The molecule has 29 heavy (non-hydrogen) atoms. The number of hydrogen-bond donors (Lipinski definition) is 0. The van der Waals surface area contributed by atoms with Crippen LogP contribution in [0.5, 0.6) is 0 Å². The Morgan fingerprint density at radius 1 is 0.931 bits per heavy atom. The minimum Gasteiger partial charge on any atom is -0.462 e. The highest BCUT2D eigenvalue weighted by Gasteiger charge is 2.29. The molecule has 1 aromatic heterocycles. The molecule has 2 aromatic carbocycles. The second-order valence-electron chi connectivity index (χ2n) is 7.17. The molecule has 1 heterocycles. The van der Waals surface area contributed by atoms with E-state index >= 15 is 0 Å². The second kappa shape index (κ2) is 8.95. The topological polar surface area (TPSA) is 57.5 Å². The van der Waals surface area contributed by atoms with Crippen LogP contribution in [0, 0.1) is 0 Å². The van der Waals surface area contributed by atoms with Crippen LogP contribution in [0.15, 0.2) is 48.5 Å². The molecule has 0 bridgehead atoms. The van der Waals surface area contributed by atoms with Gasteiger partial charge in [0.1, 0.15) is 11.3 Å². The summed E-state index contributed by atoms with van der Waals surface area (Å²) in [6, 6.07) is 15.8. The van der Waals surface area contributed by atoms with Gasteiger partial charge in [-0.25, -0.2) is 9.59 Å². The highest BCUT2D eigenvalue weighted by Crippen LogP contribution is 2.31. The number of aromatic nitrogens is 1. The van der Waals surface area contributed by atoms with Crippen LogP contribution in [-0.2, 0) is 16.0 Å². The number of carbonyl (C=O) groups is 2. The van der Waals surface area contributed by atoms with E-state index in [4.69, 9.17) is 9.47 Å². The zero-order valence-electron chi connectivity index (χ0n) is 17.4. The molecule has 0 saturated carbocycles. The van der Waals surface area contributed by atoms with Crippen LogP contribution in [-0.4, -0.2) is 29.7 Å². The van der Waals surface area contributed by atoms with Crippen molar-refractivity contribution in [2.45, 2.75) is 40.2 Å². The van der Waals surface area contributed by atoms with E-state index in [-0.39, 0.29) is 30.4 Å². The maximum absolute atomic E-state index is 12.9. The Labute approximate surface area is 171 Å². The molecule has 0 aliphatic carbocycles. The Hall–Kier alpha value is -3.08. The standard InChI is InChI=1S/C24H27NO4/c1-5-28-23(26)21-19-14-18(16(3)4)12-13-20(19)25(22(21)24(27)29-6-2)15-17-10-8-7-9-11-17/h7-14,16H,5-6,15H2,1-4H3. The molecular formula is C24H27NO4. The van der Waals surface area contributed by atoms with E-state index < -0.39 is 11.9 Å². The Morgan fingerprint density at radius 2 is 1.59 bits per heavy atom. The molecule has 5 nitrogen and oxygen atoms in total. The van der Waals surface area contributed by atoms with Gasteiger partial charge in [0.05, 0.1) is 13.2 Å². The smallest absolute Gasteiger partial charge is 0.355 e. The molecular weight excluding hydrogens is 366 g/mol. The van der Waals surface area contributed by atoms with Crippen LogP contribution in [0.3, 0.4) is 0 Å². The Morgan fingerprint density at radius 3 is 2.21 bits per heavy atom. The monoisotopic (exact) mass is 393 g/mol. The maximum Gasteiger partial charge on any atom is 0.355 e. The fourth-order valence-corrected chi connectivity index (χ4v) is 3.48. The maximum atomic E-state index is 12.9. The minimum absolute atomic E-state index is 0.227. The number of benzene rings is 2. The lowest BCUT2D eigenvalue weighted by atomic mass is 10.00. The Balaban J connectivity index is 2.31. The summed E-state index contributed by atoms with van der Waals surface area (Å²) >= 11 is 0. The molecule has 0 saturated heterocycles. The molecule has 0 spiro atoms. The van der Waals surface area contributed by atoms with Crippen molar-refractivity contribution in [3.05, 3.63) is 70.9 Å². The van der Waals surface area contributed by atoms with Crippen molar-refractivity contribution < 1.29 is 19.1 Å². The van der Waals surface area contributed by atoms with Crippen molar-refractivity contribution in [2.75, 3.05) is 13.2 Å². The van der Waals surface area contributed by atoms with Gasteiger partial charge in [0.15, 0.2) is 0 Å². The quantitative estimate of drug-likeness (QED) is 0.520. The van der Waals surface area contributed by atoms with Gasteiger partial charge in [0.25, 0.3) is 0 Å². The fraction of sp³-hybridized carbons (Fsp3) is 0.333. The number of fused-ring (bicyclic) bond motifs is 1. The largest absolute Gasteiger partial charge is 0.462 e. The Bertz CT molecular complexity index is 1020. The SMILES string of the molecule is CCOC(=O)c1c(C(=O)OCC)n(Cc2ccccc2)c2ccc(C(C)C)cc12. The predicted octanol–water partition coefficient (Wildman–Crippen LogP) is 5.17. The van der Waals surface area contributed by atoms with Gasteiger partial charge in [-0.3, -0.25) is 0 Å². The molecule has 3 rings (SSSR count). The first-order valence-corrected chi connectivity index (χ1v) is 10.0. The number of carbonyl (C=O) groups excluding carboxylic acids is 2. The molecule has 3 aromatic rings. The van der Waals surface area contributed by atoms with Crippen LogP contribution in [0.4, 0.5) is 0 Å². The molecule has 0 amide bonds. The second-order valence-corrected chi connectivity index (χ2v) is 7.17. The first kappa shape index (κ1) is 20.6. The highest BCUT2D eigenvalue weighted by atomic mass is 16.5. The first-order chi connectivity index (χ1) is 14.0. The summed E-state index contributed by atoms with van der Waals surface area (Å²) in [4.78, 5) is 25.8. The zero-order valence-corrected chi connectivity index (χ0v) is 17.4. The van der Waals surface area contributed by atoms with E-state index in [9.17, 15) is 9.59 Å². The van der Waals surface area contributed by atoms with Gasteiger partial charge in [-0.2, -0.15) is 0 Å². The lowest BCUT2D eigenvalue weighted by Gasteiger charge is -2.11. The minimum atomic E-state index is -0.520. The molecule has 0 aliphatic heterocycles. The summed E-state index contributed by atoms with van der Waals surface area (Å²) in [5, 5.41) is 0.716. The van der Waals surface area contributed by atoms with Crippen molar-refractivity contribution in [2.24, 2.45) is 0 Å². The molecule has 0 unspecified atom stereocenters. The van der Waals surface area contributed by atoms with Crippen LogP contribution in [0.2, 0.25) is 0 Å². The van der Waals surface area contributed by atoms with Crippen LogP contribution in [0.1, 0.15) is 65.6 Å². The number of rotatable bonds is 7. The van der Waals surface area contributed by atoms with Gasteiger partial charge in [0.2, 0.25) is 0 Å². The molecule has 0 N–H and O–H groups in total. The lowest BCUT2D eigenvalue weighted by molar-refractivity contribution is 0.0472. The van der Waals surface area contributed by atoms with Crippen molar-refractivity contribution in [1.82, 2.24) is 4.57 Å². The van der Waals surface area contributed by atoms with Crippen molar-refractivity contribution in [3.63, 3.8) is 0 Å². The van der Waals surface area contributed by atoms with Gasteiger partial charge in [-0.1, -0.05) is 50.2 Å². The molecule has 0 atom stereocenters. The van der Waals surface area contributed by atoms with Gasteiger partial charge in [0, 0.05) is 17.4 Å². The normalized spacial score (nSPS) is 11.1. The van der Waals surface area contributed by atoms with Crippen molar-refractivity contribution in [1.29, 1.82) is 0 Å². The van der Waals surface area contributed by atoms with Crippen molar-refractivity contribution in [3.8, 4) is 0 Å². The summed E-state index contributed by atoms with van der Waals surface area (Å²) in [6.07, 6.45) is 0. The number of ether oxygens (including phenoxy) is 2. The summed E-state index contributed by atoms with van der Waals surface area (Å²) in [5.74, 6) is -0.736. The van der Waals surface area contributed by atoms with E-state index in [0.717, 1.165) is 16.6 Å². The summed E-state index contributed by atoms with van der Waals surface area (Å²) in [5.41, 5.74) is 3.45. The average Bonchev–Trinajstić information content (AvgIpc) is 3.02. The molecule has 0 fully saturated rings. The van der Waals surface area contributed by atoms with Gasteiger partial charge >= 0.3 is 11.9 Å². The van der Waals surface area contributed by atoms with Crippen molar-refractivity contribution >= 4 is 22.8 Å². The van der Waals surface area contributed by atoms with E-state index in [1.54, 1.807) is 13.8 Å². The number of esters is 2. The molecule has 5 heteroatoms. The third kappa shape index (κ3) is 4.19. The van der Waals surface area contributed by atoms with Gasteiger partial charge in [-0.15, -0.1) is 0 Å². The first-order valence-electron chi connectivity index (χ1n) is 10.0. The van der Waals surface area contributed by atoms with Crippen LogP contribution < -0.4 is 0 Å². The van der Waals surface area contributed by atoms with E-state index in [1.165, 1.54) is 0 Å².